The van der Waals surface area contributed by atoms with Crippen molar-refractivity contribution >= 4 is 11.4 Å². The number of nitrogens with one attached hydrogen (secondary N) is 1. The van der Waals surface area contributed by atoms with Crippen LogP contribution in [0, 0.1) is 27.3 Å². The highest BCUT2D eigenvalue weighted by Gasteiger charge is 2.45. The van der Waals surface area contributed by atoms with Gasteiger partial charge in [0.25, 0.3) is 0 Å². The van der Waals surface area contributed by atoms with Gasteiger partial charge in [-0.1, -0.05) is 19.9 Å². The fourth-order valence-corrected chi connectivity index (χ4v) is 2.00. The van der Waals surface area contributed by atoms with Gasteiger partial charge in [-0.15, -0.1) is 0 Å². The molecular weight excluding hydrogens is 223 g/mol. The van der Waals surface area contributed by atoms with Crippen molar-refractivity contribution in [2.45, 2.75) is 20.3 Å². The van der Waals surface area contributed by atoms with Gasteiger partial charge in [0.15, 0.2) is 0 Å². The molecule has 0 aliphatic heterocycles. The maximum Gasteiger partial charge on any atom is 0.327 e. The van der Waals surface area contributed by atoms with Gasteiger partial charge in [-0.25, -0.2) is 0 Å². The van der Waals surface area contributed by atoms with Crippen molar-refractivity contribution in [1.29, 1.82) is 0 Å². The maximum atomic E-state index is 13.3. The Labute approximate surface area is 99.0 Å². The molecule has 0 heterocycles. The number of hydrogen-bond donors (Lipinski definition) is 1. The van der Waals surface area contributed by atoms with E-state index >= 15 is 0 Å². The second-order valence-corrected chi connectivity index (χ2v) is 5.16. The van der Waals surface area contributed by atoms with Crippen LogP contribution >= 0.6 is 0 Å². The standard InChI is InChI=1S/C12H15FN2O2/c1-12(2)6-8(12)7-14-10-5-3-4-9(13)11(10)15(16)17/h3-5,8,14H,6-7H2,1-2H3. The van der Waals surface area contributed by atoms with Crippen molar-refractivity contribution in [3.05, 3.63) is 34.1 Å². The van der Waals surface area contributed by atoms with E-state index in [1.807, 2.05) is 0 Å². The molecule has 1 aliphatic rings. The minimum absolute atomic E-state index is 0.262. The van der Waals surface area contributed by atoms with E-state index in [0.717, 1.165) is 12.5 Å². The largest absolute Gasteiger partial charge is 0.379 e. The normalized spacial score (nSPS) is 21.0. The number of nitrogens with zero attached hydrogens (tertiary/aromatic N) is 1. The molecule has 0 aromatic heterocycles. The minimum atomic E-state index is -0.796. The second-order valence-electron chi connectivity index (χ2n) is 5.16. The highest BCUT2D eigenvalue weighted by Crippen LogP contribution is 2.51. The third-order valence-corrected chi connectivity index (χ3v) is 3.43. The van der Waals surface area contributed by atoms with Crippen LogP contribution in [0.2, 0.25) is 0 Å². The van der Waals surface area contributed by atoms with Gasteiger partial charge in [0.05, 0.1) is 4.92 Å². The Morgan fingerprint density at radius 3 is 2.76 bits per heavy atom. The van der Waals surface area contributed by atoms with Gasteiger partial charge in [-0.3, -0.25) is 10.1 Å². The van der Waals surface area contributed by atoms with Crippen LogP contribution in [0.5, 0.6) is 0 Å². The summed E-state index contributed by atoms with van der Waals surface area (Å²) in [6.07, 6.45) is 1.10. The lowest BCUT2D eigenvalue weighted by Gasteiger charge is -2.08. The molecule has 0 saturated heterocycles. The van der Waals surface area contributed by atoms with Crippen molar-refractivity contribution < 1.29 is 9.31 Å². The molecule has 0 radical (unpaired) electrons. The first-order chi connectivity index (χ1) is 7.92. The number of nitro benzene ring substituents is 1. The molecule has 1 aromatic carbocycles. The Balaban J connectivity index is 2.10. The second kappa shape index (κ2) is 3.98. The van der Waals surface area contributed by atoms with E-state index in [0.29, 0.717) is 17.9 Å². The van der Waals surface area contributed by atoms with E-state index in [2.05, 4.69) is 19.2 Å². The van der Waals surface area contributed by atoms with E-state index < -0.39 is 16.4 Å². The van der Waals surface area contributed by atoms with Gasteiger partial charge in [0.2, 0.25) is 5.82 Å². The Morgan fingerprint density at radius 2 is 2.24 bits per heavy atom. The summed E-state index contributed by atoms with van der Waals surface area (Å²) in [6, 6.07) is 4.11. The summed E-state index contributed by atoms with van der Waals surface area (Å²) in [5, 5.41) is 13.7. The summed E-state index contributed by atoms with van der Waals surface area (Å²) >= 11 is 0. The molecule has 0 spiro atoms. The summed E-state index contributed by atoms with van der Waals surface area (Å²) in [4.78, 5) is 10.1. The Hall–Kier alpha value is -1.65. The zero-order valence-electron chi connectivity index (χ0n) is 9.87. The Morgan fingerprint density at radius 1 is 1.59 bits per heavy atom. The summed E-state index contributed by atoms with van der Waals surface area (Å²) in [5.41, 5.74) is 0.0958. The van der Waals surface area contributed by atoms with E-state index in [-0.39, 0.29) is 5.69 Å². The molecule has 5 heteroatoms. The topological polar surface area (TPSA) is 55.2 Å². The molecule has 1 atom stereocenters. The number of anilines is 1. The smallest absolute Gasteiger partial charge is 0.327 e. The van der Waals surface area contributed by atoms with E-state index in [1.54, 1.807) is 0 Å². The predicted octanol–water partition coefficient (Wildman–Crippen LogP) is 3.19. The summed E-state index contributed by atoms with van der Waals surface area (Å²) in [7, 11) is 0. The molecule has 1 saturated carbocycles. The van der Waals surface area contributed by atoms with E-state index in [4.69, 9.17) is 0 Å². The van der Waals surface area contributed by atoms with Crippen LogP contribution in [-0.4, -0.2) is 11.5 Å². The lowest BCUT2D eigenvalue weighted by Crippen LogP contribution is -2.09. The van der Waals surface area contributed by atoms with Crippen LogP contribution in [0.25, 0.3) is 0 Å². The van der Waals surface area contributed by atoms with Crippen LogP contribution in [0.3, 0.4) is 0 Å². The number of nitro groups is 1. The van der Waals surface area contributed by atoms with Crippen molar-refractivity contribution in [3.63, 3.8) is 0 Å². The van der Waals surface area contributed by atoms with Crippen molar-refractivity contribution in [2.75, 3.05) is 11.9 Å². The number of rotatable bonds is 4. The van der Waals surface area contributed by atoms with Gasteiger partial charge < -0.3 is 5.32 Å². The highest BCUT2D eigenvalue weighted by molar-refractivity contribution is 5.62. The highest BCUT2D eigenvalue weighted by atomic mass is 19.1. The zero-order valence-corrected chi connectivity index (χ0v) is 9.87. The van der Waals surface area contributed by atoms with Crippen molar-refractivity contribution in [2.24, 2.45) is 11.3 Å². The third kappa shape index (κ3) is 2.38. The molecule has 0 bridgehead atoms. The zero-order chi connectivity index (χ0) is 12.6. The van der Waals surface area contributed by atoms with Crippen LogP contribution in [-0.2, 0) is 0 Å². The first-order valence-corrected chi connectivity index (χ1v) is 5.58. The molecule has 1 aliphatic carbocycles. The van der Waals surface area contributed by atoms with Crippen LogP contribution < -0.4 is 5.32 Å². The SMILES string of the molecule is CC1(C)CC1CNc1cccc(F)c1[N+](=O)[O-]. The summed E-state index contributed by atoms with van der Waals surface area (Å²) in [5.74, 6) is -0.291. The van der Waals surface area contributed by atoms with Crippen molar-refractivity contribution in [1.82, 2.24) is 0 Å². The molecule has 1 unspecified atom stereocenters. The van der Waals surface area contributed by atoms with Gasteiger partial charge in [-0.2, -0.15) is 4.39 Å². The van der Waals surface area contributed by atoms with Gasteiger partial charge in [-0.05, 0) is 29.9 Å². The average Bonchev–Trinajstić information content (AvgIpc) is 2.83. The third-order valence-electron chi connectivity index (χ3n) is 3.43. The molecule has 17 heavy (non-hydrogen) atoms. The minimum Gasteiger partial charge on any atom is -0.379 e. The number of halogens is 1. The summed E-state index contributed by atoms with van der Waals surface area (Å²) < 4.78 is 13.3. The molecule has 4 nitrogen and oxygen atoms in total. The lowest BCUT2D eigenvalue weighted by atomic mass is 10.1. The molecule has 1 aromatic rings. The first-order valence-electron chi connectivity index (χ1n) is 5.58. The van der Waals surface area contributed by atoms with Gasteiger partial charge in [0, 0.05) is 6.54 Å². The summed E-state index contributed by atoms with van der Waals surface area (Å²) in [6.45, 7) is 4.95. The van der Waals surface area contributed by atoms with Gasteiger partial charge in [0.1, 0.15) is 5.69 Å². The first kappa shape index (κ1) is 11.8. The molecule has 1 fully saturated rings. The quantitative estimate of drug-likeness (QED) is 0.647. The Bertz CT molecular complexity index is 460. The van der Waals surface area contributed by atoms with E-state index in [1.165, 1.54) is 12.1 Å². The van der Waals surface area contributed by atoms with Crippen molar-refractivity contribution in [3.8, 4) is 0 Å². The fourth-order valence-electron chi connectivity index (χ4n) is 2.00. The lowest BCUT2D eigenvalue weighted by molar-refractivity contribution is -0.386. The monoisotopic (exact) mass is 238 g/mol. The van der Waals surface area contributed by atoms with Gasteiger partial charge >= 0.3 is 5.69 Å². The van der Waals surface area contributed by atoms with Crippen LogP contribution in [0.15, 0.2) is 18.2 Å². The molecular formula is C12H15FN2O2. The molecule has 0 amide bonds. The Kier molecular flexibility index (Phi) is 2.77. The number of hydrogen-bond acceptors (Lipinski definition) is 3. The fraction of sp³-hybridized carbons (Fsp3) is 0.500. The maximum absolute atomic E-state index is 13.3. The number of benzene rings is 1. The average molecular weight is 238 g/mol. The molecule has 1 N–H and O–H groups in total. The molecule has 2 rings (SSSR count). The van der Waals surface area contributed by atoms with E-state index in [9.17, 15) is 14.5 Å². The molecule has 92 valence electrons. The van der Waals surface area contributed by atoms with Crippen LogP contribution in [0.4, 0.5) is 15.8 Å². The predicted molar refractivity (Wildman–Crippen MR) is 63.4 cm³/mol. The number of para-hydroxylation sites is 1. The van der Waals surface area contributed by atoms with Crippen LogP contribution in [0.1, 0.15) is 20.3 Å².